The lowest BCUT2D eigenvalue weighted by Crippen LogP contribution is -2.46. The summed E-state index contributed by atoms with van der Waals surface area (Å²) < 4.78 is 5.28. The van der Waals surface area contributed by atoms with E-state index in [-0.39, 0.29) is 5.54 Å². The molecule has 0 aliphatic rings. The first kappa shape index (κ1) is 12.3. The second-order valence-electron chi connectivity index (χ2n) is 4.81. The largest absolute Gasteiger partial charge is 0.469 e. The Labute approximate surface area is 92.5 Å². The molecule has 0 saturated carbocycles. The number of nitrogens with one attached hydrogen (secondary N) is 1. The van der Waals surface area contributed by atoms with E-state index in [9.17, 15) is 0 Å². The molecule has 0 spiro atoms. The van der Waals surface area contributed by atoms with Gasteiger partial charge in [0.15, 0.2) is 0 Å². The molecule has 3 heteroatoms. The van der Waals surface area contributed by atoms with Crippen LogP contribution in [0.25, 0.3) is 0 Å². The van der Waals surface area contributed by atoms with Gasteiger partial charge in [0.2, 0.25) is 0 Å². The molecular formula is C12H22N2O. The van der Waals surface area contributed by atoms with E-state index in [1.54, 1.807) is 6.26 Å². The maximum absolute atomic E-state index is 5.28. The quantitative estimate of drug-likeness (QED) is 0.806. The Hall–Kier alpha value is -0.800. The zero-order chi connectivity index (χ0) is 11.5. The number of hydrogen-bond acceptors (Lipinski definition) is 3. The summed E-state index contributed by atoms with van der Waals surface area (Å²) >= 11 is 0. The summed E-state index contributed by atoms with van der Waals surface area (Å²) in [5.41, 5.74) is 1.41. The summed E-state index contributed by atoms with van der Waals surface area (Å²) in [5, 5.41) is 3.30. The molecule has 0 unspecified atom stereocenters. The lowest BCUT2D eigenvalue weighted by molar-refractivity contribution is 0.237. The summed E-state index contributed by atoms with van der Waals surface area (Å²) in [4.78, 5) is 2.30. The van der Waals surface area contributed by atoms with Gasteiger partial charge in [-0.3, -0.25) is 0 Å². The molecule has 3 nitrogen and oxygen atoms in total. The van der Waals surface area contributed by atoms with Crippen molar-refractivity contribution in [2.45, 2.75) is 32.9 Å². The summed E-state index contributed by atoms with van der Waals surface area (Å²) in [5.74, 6) is 1.02. The number of hydrogen-bond donors (Lipinski definition) is 1. The summed E-state index contributed by atoms with van der Waals surface area (Å²) in [6.07, 6.45) is 1.75. The van der Waals surface area contributed by atoms with Crippen molar-refractivity contribution in [2.75, 3.05) is 20.6 Å². The molecule has 0 aromatic carbocycles. The van der Waals surface area contributed by atoms with Gasteiger partial charge < -0.3 is 14.6 Å². The van der Waals surface area contributed by atoms with E-state index >= 15 is 0 Å². The predicted octanol–water partition coefficient (Wildman–Crippen LogP) is 2.02. The van der Waals surface area contributed by atoms with E-state index in [0.29, 0.717) is 0 Å². The monoisotopic (exact) mass is 210 g/mol. The normalized spacial score (nSPS) is 12.4. The first-order valence-electron chi connectivity index (χ1n) is 5.35. The lowest BCUT2D eigenvalue weighted by Gasteiger charge is -2.29. The van der Waals surface area contributed by atoms with E-state index in [2.05, 4.69) is 31.1 Å². The number of furan rings is 1. The molecule has 1 heterocycles. The Morgan fingerprint density at radius 3 is 2.60 bits per heavy atom. The van der Waals surface area contributed by atoms with E-state index < -0.39 is 0 Å². The van der Waals surface area contributed by atoms with Crippen LogP contribution in [0.1, 0.15) is 25.2 Å². The van der Waals surface area contributed by atoms with Crippen molar-refractivity contribution in [1.82, 2.24) is 10.2 Å². The molecular weight excluding hydrogens is 188 g/mol. The average molecular weight is 210 g/mol. The second-order valence-corrected chi connectivity index (χ2v) is 4.81. The third kappa shape index (κ3) is 3.68. The topological polar surface area (TPSA) is 28.4 Å². The van der Waals surface area contributed by atoms with E-state index in [4.69, 9.17) is 4.42 Å². The highest BCUT2D eigenvalue weighted by atomic mass is 16.3. The number of nitrogens with zero attached hydrogens (tertiary/aromatic N) is 1. The first-order chi connectivity index (χ1) is 6.94. The molecule has 0 amide bonds. The van der Waals surface area contributed by atoms with Crippen molar-refractivity contribution in [3.63, 3.8) is 0 Å². The van der Waals surface area contributed by atoms with Gasteiger partial charge in [-0.15, -0.1) is 0 Å². The maximum Gasteiger partial charge on any atom is 0.105 e. The van der Waals surface area contributed by atoms with Gasteiger partial charge >= 0.3 is 0 Å². The highest BCUT2D eigenvalue weighted by Gasteiger charge is 2.17. The van der Waals surface area contributed by atoms with Crippen molar-refractivity contribution in [2.24, 2.45) is 0 Å². The minimum Gasteiger partial charge on any atom is -0.469 e. The van der Waals surface area contributed by atoms with Crippen LogP contribution >= 0.6 is 0 Å². The minimum absolute atomic E-state index is 0.145. The van der Waals surface area contributed by atoms with Crippen LogP contribution < -0.4 is 5.32 Å². The number of aryl methyl sites for hydroxylation is 1. The molecule has 0 fully saturated rings. The Balaban J connectivity index is 2.50. The fraction of sp³-hybridized carbons (Fsp3) is 0.667. The second kappa shape index (κ2) is 4.81. The molecule has 0 atom stereocenters. The van der Waals surface area contributed by atoms with Crippen LogP contribution in [0, 0.1) is 6.92 Å². The van der Waals surface area contributed by atoms with Crippen LogP contribution in [0.15, 0.2) is 16.7 Å². The molecule has 0 bridgehead atoms. The summed E-state index contributed by atoms with van der Waals surface area (Å²) in [7, 11) is 4.13. The molecule has 1 aromatic rings. The molecule has 0 aliphatic carbocycles. The molecule has 1 N–H and O–H groups in total. The van der Waals surface area contributed by atoms with Crippen LogP contribution in [-0.2, 0) is 6.54 Å². The van der Waals surface area contributed by atoms with Crippen LogP contribution in [0.3, 0.4) is 0 Å². The average Bonchev–Trinajstić information content (AvgIpc) is 2.51. The standard InChI is InChI=1S/C12H22N2O/c1-10-11(6-7-15-10)8-14(5)9-12(2,3)13-4/h6-7,13H,8-9H2,1-5H3. The zero-order valence-corrected chi connectivity index (χ0v) is 10.4. The third-order valence-corrected chi connectivity index (χ3v) is 2.75. The predicted molar refractivity (Wildman–Crippen MR) is 62.9 cm³/mol. The first-order valence-corrected chi connectivity index (χ1v) is 5.35. The zero-order valence-electron chi connectivity index (χ0n) is 10.4. The summed E-state index contributed by atoms with van der Waals surface area (Å²) in [6, 6.07) is 2.04. The molecule has 86 valence electrons. The summed E-state index contributed by atoms with van der Waals surface area (Å²) in [6.45, 7) is 8.35. The van der Waals surface area contributed by atoms with Crippen molar-refractivity contribution < 1.29 is 4.42 Å². The van der Waals surface area contributed by atoms with Gasteiger partial charge in [0, 0.05) is 24.2 Å². The van der Waals surface area contributed by atoms with Gasteiger partial charge in [-0.1, -0.05) is 0 Å². The molecule has 0 saturated heterocycles. The van der Waals surface area contributed by atoms with Gasteiger partial charge in [0.1, 0.15) is 5.76 Å². The van der Waals surface area contributed by atoms with Crippen molar-refractivity contribution in [3.05, 3.63) is 23.7 Å². The van der Waals surface area contributed by atoms with E-state index in [1.165, 1.54) is 5.56 Å². The maximum atomic E-state index is 5.28. The SMILES string of the molecule is CNC(C)(C)CN(C)Cc1ccoc1C. The molecule has 15 heavy (non-hydrogen) atoms. The molecule has 0 aliphatic heterocycles. The smallest absolute Gasteiger partial charge is 0.105 e. The van der Waals surface area contributed by atoms with Crippen molar-refractivity contribution >= 4 is 0 Å². The Kier molecular flexibility index (Phi) is 3.94. The van der Waals surface area contributed by atoms with Gasteiger partial charge in [-0.25, -0.2) is 0 Å². The van der Waals surface area contributed by atoms with Crippen LogP contribution in [0.4, 0.5) is 0 Å². The highest BCUT2D eigenvalue weighted by Crippen LogP contribution is 2.12. The Morgan fingerprint density at radius 2 is 2.13 bits per heavy atom. The fourth-order valence-corrected chi connectivity index (χ4v) is 1.68. The van der Waals surface area contributed by atoms with Crippen molar-refractivity contribution in [1.29, 1.82) is 0 Å². The van der Waals surface area contributed by atoms with Gasteiger partial charge in [-0.05, 0) is 40.9 Å². The minimum atomic E-state index is 0.145. The number of likely N-dealkylation sites (N-methyl/N-ethyl adjacent to an activating group) is 2. The van der Waals surface area contributed by atoms with Gasteiger partial charge in [-0.2, -0.15) is 0 Å². The Morgan fingerprint density at radius 1 is 1.47 bits per heavy atom. The van der Waals surface area contributed by atoms with Gasteiger partial charge in [0.25, 0.3) is 0 Å². The molecule has 1 aromatic heterocycles. The van der Waals surface area contributed by atoms with Crippen LogP contribution in [0.5, 0.6) is 0 Å². The van der Waals surface area contributed by atoms with Gasteiger partial charge in [0.05, 0.1) is 6.26 Å². The van der Waals surface area contributed by atoms with Crippen LogP contribution in [-0.4, -0.2) is 31.1 Å². The van der Waals surface area contributed by atoms with Crippen molar-refractivity contribution in [3.8, 4) is 0 Å². The third-order valence-electron chi connectivity index (χ3n) is 2.75. The molecule has 0 radical (unpaired) electrons. The van der Waals surface area contributed by atoms with E-state index in [1.807, 2.05) is 20.0 Å². The fourth-order valence-electron chi connectivity index (χ4n) is 1.68. The molecule has 1 rings (SSSR count). The van der Waals surface area contributed by atoms with Crippen LogP contribution in [0.2, 0.25) is 0 Å². The Bertz CT molecular complexity index is 304. The van der Waals surface area contributed by atoms with E-state index in [0.717, 1.165) is 18.8 Å². The lowest BCUT2D eigenvalue weighted by atomic mass is 10.1. The number of rotatable bonds is 5. The highest BCUT2D eigenvalue weighted by molar-refractivity contribution is 5.15.